The molecule has 4 rings (SSSR count). The number of amides is 1. The van der Waals surface area contributed by atoms with Gasteiger partial charge in [0.15, 0.2) is 5.13 Å². The van der Waals surface area contributed by atoms with Gasteiger partial charge in [0.05, 0.1) is 31.9 Å². The number of fused-ring (bicyclic) bond motifs is 1. The summed E-state index contributed by atoms with van der Waals surface area (Å²) in [4.78, 5) is 17.3. The molecule has 0 radical (unpaired) electrons. The van der Waals surface area contributed by atoms with Crippen molar-refractivity contribution in [1.82, 2.24) is 4.98 Å². The van der Waals surface area contributed by atoms with E-state index in [4.69, 9.17) is 9.47 Å². The quantitative estimate of drug-likeness (QED) is 0.585. The fourth-order valence-corrected chi connectivity index (χ4v) is 5.38. The van der Waals surface area contributed by atoms with Crippen molar-refractivity contribution in [3.05, 3.63) is 52.9 Å². The zero-order valence-corrected chi connectivity index (χ0v) is 19.5. The molecule has 0 atom stereocenters. The zero-order chi connectivity index (χ0) is 22.9. The van der Waals surface area contributed by atoms with Crippen molar-refractivity contribution in [3.8, 4) is 22.8 Å². The van der Waals surface area contributed by atoms with Crippen LogP contribution in [0.3, 0.4) is 0 Å². The highest BCUT2D eigenvalue weighted by Gasteiger charge is 2.25. The number of carbonyl (C=O) groups excluding carboxylic acids is 1. The zero-order valence-electron chi connectivity index (χ0n) is 17.9. The monoisotopic (exact) mass is 473 g/mol. The molecular formula is C22H23N3O5S2. The summed E-state index contributed by atoms with van der Waals surface area (Å²) >= 11 is 1.31. The van der Waals surface area contributed by atoms with E-state index >= 15 is 0 Å². The maximum absolute atomic E-state index is 12.8. The van der Waals surface area contributed by atoms with Crippen molar-refractivity contribution in [1.29, 1.82) is 0 Å². The Morgan fingerprint density at radius 2 is 1.97 bits per heavy atom. The van der Waals surface area contributed by atoms with Crippen LogP contribution >= 0.6 is 11.3 Å². The minimum absolute atomic E-state index is 0.299. The molecule has 1 N–H and O–H groups in total. The van der Waals surface area contributed by atoms with Gasteiger partial charge in [0.25, 0.3) is 5.91 Å². The van der Waals surface area contributed by atoms with Crippen LogP contribution in [0.5, 0.6) is 11.5 Å². The summed E-state index contributed by atoms with van der Waals surface area (Å²) in [6.07, 6.45) is 2.63. The fraction of sp³-hybridized carbons (Fsp3) is 0.273. The lowest BCUT2D eigenvalue weighted by Gasteiger charge is -2.29. The van der Waals surface area contributed by atoms with Crippen LogP contribution in [0.4, 0.5) is 10.8 Å². The number of sulfonamides is 1. The van der Waals surface area contributed by atoms with Crippen molar-refractivity contribution in [2.24, 2.45) is 0 Å². The third-order valence-electron chi connectivity index (χ3n) is 5.23. The smallest absolute Gasteiger partial charge is 0.257 e. The topological polar surface area (TPSA) is 97.8 Å². The summed E-state index contributed by atoms with van der Waals surface area (Å²) in [7, 11) is -0.183. The predicted molar refractivity (Wildman–Crippen MR) is 126 cm³/mol. The summed E-state index contributed by atoms with van der Waals surface area (Å²) in [5, 5.41) is 5.13. The molecule has 2 aromatic carbocycles. The number of nitrogens with one attached hydrogen (secondary N) is 1. The summed E-state index contributed by atoms with van der Waals surface area (Å²) < 4.78 is 36.1. The summed E-state index contributed by atoms with van der Waals surface area (Å²) in [6, 6.07) is 10.5. The molecule has 1 amide bonds. The number of aromatic nitrogens is 1. The average molecular weight is 474 g/mol. The number of aryl methyl sites for hydroxylation is 1. The van der Waals surface area contributed by atoms with Crippen LogP contribution in [0.25, 0.3) is 11.3 Å². The second-order valence-corrected chi connectivity index (χ2v) is 10.1. The molecule has 0 saturated heterocycles. The van der Waals surface area contributed by atoms with E-state index in [0.29, 0.717) is 46.5 Å². The Balaban J connectivity index is 1.54. The number of methoxy groups -OCH3 is 2. The summed E-state index contributed by atoms with van der Waals surface area (Å²) in [5.74, 6) is 1.00. The van der Waals surface area contributed by atoms with Crippen LogP contribution in [-0.4, -0.2) is 46.3 Å². The molecule has 3 aromatic rings. The maximum atomic E-state index is 12.8. The van der Waals surface area contributed by atoms with Gasteiger partial charge in [-0.15, -0.1) is 11.3 Å². The molecule has 0 spiro atoms. The van der Waals surface area contributed by atoms with E-state index in [9.17, 15) is 13.2 Å². The Hall–Kier alpha value is -3.11. The Morgan fingerprint density at radius 3 is 2.69 bits per heavy atom. The van der Waals surface area contributed by atoms with E-state index in [1.165, 1.54) is 21.9 Å². The van der Waals surface area contributed by atoms with E-state index in [0.717, 1.165) is 17.5 Å². The predicted octanol–water partition coefficient (Wildman–Crippen LogP) is 3.79. The first-order chi connectivity index (χ1) is 15.3. The molecule has 0 saturated carbocycles. The number of hydrogen-bond donors (Lipinski definition) is 1. The van der Waals surface area contributed by atoms with Crippen molar-refractivity contribution < 1.29 is 22.7 Å². The van der Waals surface area contributed by atoms with Crippen LogP contribution in [0, 0.1) is 0 Å². The first-order valence-electron chi connectivity index (χ1n) is 9.90. The molecule has 0 bridgehead atoms. The van der Waals surface area contributed by atoms with E-state index in [1.807, 2.05) is 17.5 Å². The fourth-order valence-electron chi connectivity index (χ4n) is 3.68. The maximum Gasteiger partial charge on any atom is 0.257 e. The van der Waals surface area contributed by atoms with Crippen LogP contribution in [-0.2, 0) is 16.4 Å². The number of nitrogens with zero attached hydrogens (tertiary/aromatic N) is 2. The van der Waals surface area contributed by atoms with Crippen molar-refractivity contribution >= 4 is 38.1 Å². The minimum atomic E-state index is -3.35. The number of carbonyl (C=O) groups is 1. The van der Waals surface area contributed by atoms with Gasteiger partial charge in [0, 0.05) is 29.1 Å². The Kier molecular flexibility index (Phi) is 6.07. The van der Waals surface area contributed by atoms with Gasteiger partial charge in [-0.25, -0.2) is 13.4 Å². The lowest BCUT2D eigenvalue weighted by Crippen LogP contribution is -2.34. The van der Waals surface area contributed by atoms with Gasteiger partial charge in [-0.05, 0) is 48.7 Å². The first-order valence-corrected chi connectivity index (χ1v) is 12.6. The second-order valence-electron chi connectivity index (χ2n) is 7.34. The molecule has 0 fully saturated rings. The van der Waals surface area contributed by atoms with Gasteiger partial charge >= 0.3 is 0 Å². The largest absolute Gasteiger partial charge is 0.497 e. The van der Waals surface area contributed by atoms with E-state index in [2.05, 4.69) is 10.3 Å². The molecule has 1 aliphatic rings. The lowest BCUT2D eigenvalue weighted by atomic mass is 10.0. The van der Waals surface area contributed by atoms with E-state index < -0.39 is 10.0 Å². The molecule has 32 heavy (non-hydrogen) atoms. The van der Waals surface area contributed by atoms with Gasteiger partial charge in [-0.1, -0.05) is 0 Å². The Morgan fingerprint density at radius 1 is 1.16 bits per heavy atom. The standard InChI is InChI=1S/C22H23N3O5S2/c1-29-16-7-8-17(20(12-16)30-2)18-13-31-22(23-18)24-21(26)15-6-9-19-14(11-15)5-4-10-25(19)32(3,27)28/h6-9,11-13H,4-5,10H2,1-3H3,(H,23,24,26). The Bertz CT molecular complexity index is 1270. The third-order valence-corrected chi connectivity index (χ3v) is 7.16. The highest BCUT2D eigenvalue weighted by molar-refractivity contribution is 7.92. The second kappa shape index (κ2) is 8.79. The number of benzene rings is 2. The number of thiazole rings is 1. The molecule has 10 heteroatoms. The molecule has 1 aliphatic heterocycles. The van der Waals surface area contributed by atoms with Gasteiger partial charge < -0.3 is 9.47 Å². The first kappa shape index (κ1) is 22.1. The highest BCUT2D eigenvalue weighted by atomic mass is 32.2. The average Bonchev–Trinajstić information content (AvgIpc) is 3.25. The van der Waals surface area contributed by atoms with Gasteiger partial charge in [0.1, 0.15) is 11.5 Å². The molecule has 168 valence electrons. The van der Waals surface area contributed by atoms with Crippen molar-refractivity contribution in [2.45, 2.75) is 12.8 Å². The SMILES string of the molecule is COc1ccc(-c2csc(NC(=O)c3ccc4c(c3)CCCN4S(C)(=O)=O)n2)c(OC)c1. The third kappa shape index (κ3) is 4.42. The normalized spacial score (nSPS) is 13.4. The van der Waals surface area contributed by atoms with Crippen LogP contribution in [0.1, 0.15) is 22.3 Å². The van der Waals surface area contributed by atoms with Crippen molar-refractivity contribution in [3.63, 3.8) is 0 Å². The molecular weight excluding hydrogens is 450 g/mol. The van der Waals surface area contributed by atoms with E-state index in [1.54, 1.807) is 38.5 Å². The summed E-state index contributed by atoms with van der Waals surface area (Å²) in [5.41, 5.74) is 3.41. The van der Waals surface area contributed by atoms with Gasteiger partial charge in [-0.2, -0.15) is 0 Å². The van der Waals surface area contributed by atoms with Gasteiger partial charge in [-0.3, -0.25) is 14.4 Å². The Labute approximate surface area is 190 Å². The lowest BCUT2D eigenvalue weighted by molar-refractivity contribution is 0.102. The molecule has 2 heterocycles. The molecule has 8 nitrogen and oxygen atoms in total. The molecule has 0 aliphatic carbocycles. The number of ether oxygens (including phenoxy) is 2. The highest BCUT2D eigenvalue weighted by Crippen LogP contribution is 2.35. The van der Waals surface area contributed by atoms with E-state index in [-0.39, 0.29) is 5.91 Å². The number of rotatable bonds is 6. The molecule has 0 unspecified atom stereocenters. The van der Waals surface area contributed by atoms with Crippen molar-refractivity contribution in [2.75, 3.05) is 36.6 Å². The summed E-state index contributed by atoms with van der Waals surface area (Å²) in [6.45, 7) is 0.452. The van der Waals surface area contributed by atoms with Gasteiger partial charge in [0.2, 0.25) is 10.0 Å². The van der Waals surface area contributed by atoms with Crippen LogP contribution < -0.4 is 19.1 Å². The molecule has 1 aromatic heterocycles. The minimum Gasteiger partial charge on any atom is -0.497 e. The van der Waals surface area contributed by atoms with Crippen LogP contribution in [0.2, 0.25) is 0 Å². The number of hydrogen-bond acceptors (Lipinski definition) is 7. The van der Waals surface area contributed by atoms with Crippen LogP contribution in [0.15, 0.2) is 41.8 Å². The number of anilines is 2.